The third-order valence-electron chi connectivity index (χ3n) is 3.46. The fraction of sp³-hybridized carbons (Fsp3) is 0.846. The molecule has 114 valence electrons. The molecule has 6 nitrogen and oxygen atoms in total. The standard InChI is InChI=1S/C13H22N2O4S/c16-12(14-19-11-3-1-2-4-11)9-20-10-13(17)15-5-7-18-8-6-15/h11H,1-10H2,(H,14,16). The lowest BCUT2D eigenvalue weighted by Gasteiger charge is -2.26. The van der Waals surface area contributed by atoms with Gasteiger partial charge in [0.05, 0.1) is 30.8 Å². The Balaban J connectivity index is 1.52. The van der Waals surface area contributed by atoms with Gasteiger partial charge in [0.25, 0.3) is 5.91 Å². The molecular formula is C13H22N2O4S. The third kappa shape index (κ3) is 5.30. The van der Waals surface area contributed by atoms with Crippen molar-refractivity contribution in [2.75, 3.05) is 37.8 Å². The van der Waals surface area contributed by atoms with Crippen LogP contribution in [-0.4, -0.2) is 60.6 Å². The van der Waals surface area contributed by atoms with Gasteiger partial charge in [0.1, 0.15) is 0 Å². The number of ether oxygens (including phenoxy) is 1. The maximum Gasteiger partial charge on any atom is 0.253 e. The summed E-state index contributed by atoms with van der Waals surface area (Å²) >= 11 is 1.32. The van der Waals surface area contributed by atoms with E-state index in [1.807, 2.05) is 0 Å². The molecule has 1 N–H and O–H groups in total. The Morgan fingerprint density at radius 3 is 2.60 bits per heavy atom. The molecule has 1 aliphatic heterocycles. The van der Waals surface area contributed by atoms with E-state index in [9.17, 15) is 9.59 Å². The van der Waals surface area contributed by atoms with Crippen LogP contribution in [0.2, 0.25) is 0 Å². The number of thioether (sulfide) groups is 1. The predicted molar refractivity (Wildman–Crippen MR) is 76.2 cm³/mol. The highest BCUT2D eigenvalue weighted by atomic mass is 32.2. The first kappa shape index (κ1) is 15.6. The summed E-state index contributed by atoms with van der Waals surface area (Å²) in [6.07, 6.45) is 4.54. The van der Waals surface area contributed by atoms with E-state index in [0.717, 1.165) is 12.8 Å². The van der Waals surface area contributed by atoms with Crippen molar-refractivity contribution < 1.29 is 19.2 Å². The van der Waals surface area contributed by atoms with Gasteiger partial charge in [-0.05, 0) is 12.8 Å². The lowest BCUT2D eigenvalue weighted by atomic mass is 10.3. The van der Waals surface area contributed by atoms with Crippen LogP contribution < -0.4 is 5.48 Å². The molecule has 1 saturated heterocycles. The molecule has 1 heterocycles. The molecule has 0 atom stereocenters. The minimum Gasteiger partial charge on any atom is -0.378 e. The monoisotopic (exact) mass is 302 g/mol. The summed E-state index contributed by atoms with van der Waals surface area (Å²) in [6, 6.07) is 0. The van der Waals surface area contributed by atoms with Crippen LogP contribution in [0.3, 0.4) is 0 Å². The van der Waals surface area contributed by atoms with Crippen molar-refractivity contribution in [2.45, 2.75) is 31.8 Å². The predicted octanol–water partition coefficient (Wildman–Crippen LogP) is 0.569. The Morgan fingerprint density at radius 2 is 1.90 bits per heavy atom. The number of rotatable bonds is 6. The highest BCUT2D eigenvalue weighted by Gasteiger charge is 2.18. The van der Waals surface area contributed by atoms with Crippen molar-refractivity contribution in [3.8, 4) is 0 Å². The van der Waals surface area contributed by atoms with E-state index in [1.165, 1.54) is 24.6 Å². The number of nitrogens with one attached hydrogen (secondary N) is 1. The van der Waals surface area contributed by atoms with Crippen molar-refractivity contribution >= 4 is 23.6 Å². The van der Waals surface area contributed by atoms with Crippen LogP contribution in [0.25, 0.3) is 0 Å². The average Bonchev–Trinajstić information content (AvgIpc) is 2.99. The topological polar surface area (TPSA) is 67.9 Å². The molecule has 0 bridgehead atoms. The molecule has 1 aliphatic carbocycles. The van der Waals surface area contributed by atoms with Gasteiger partial charge in [-0.25, -0.2) is 5.48 Å². The first-order valence-electron chi connectivity index (χ1n) is 7.13. The molecule has 0 aromatic rings. The fourth-order valence-corrected chi connectivity index (χ4v) is 3.02. The molecule has 0 spiro atoms. The highest BCUT2D eigenvalue weighted by molar-refractivity contribution is 8.00. The Hall–Kier alpha value is -0.790. The van der Waals surface area contributed by atoms with Crippen molar-refractivity contribution in [1.82, 2.24) is 10.4 Å². The van der Waals surface area contributed by atoms with E-state index >= 15 is 0 Å². The fourth-order valence-electron chi connectivity index (χ4n) is 2.32. The molecule has 2 aliphatic rings. The Morgan fingerprint density at radius 1 is 1.20 bits per heavy atom. The molecule has 20 heavy (non-hydrogen) atoms. The normalized spacial score (nSPS) is 20.1. The number of carbonyl (C=O) groups excluding carboxylic acids is 2. The summed E-state index contributed by atoms with van der Waals surface area (Å²) in [5.74, 6) is 0.485. The van der Waals surface area contributed by atoms with Crippen LogP contribution in [0.4, 0.5) is 0 Å². The van der Waals surface area contributed by atoms with E-state index < -0.39 is 0 Å². The lowest BCUT2D eigenvalue weighted by molar-refractivity contribution is -0.135. The molecule has 2 rings (SSSR count). The van der Waals surface area contributed by atoms with Crippen LogP contribution >= 0.6 is 11.8 Å². The maximum absolute atomic E-state index is 11.8. The highest BCUT2D eigenvalue weighted by Crippen LogP contribution is 2.19. The van der Waals surface area contributed by atoms with Crippen molar-refractivity contribution in [1.29, 1.82) is 0 Å². The smallest absolute Gasteiger partial charge is 0.253 e. The number of nitrogens with zero attached hydrogens (tertiary/aromatic N) is 1. The van der Waals surface area contributed by atoms with Crippen LogP contribution in [0.15, 0.2) is 0 Å². The Kier molecular flexibility index (Phi) is 6.62. The van der Waals surface area contributed by atoms with E-state index in [0.29, 0.717) is 32.1 Å². The summed E-state index contributed by atoms with van der Waals surface area (Å²) in [5.41, 5.74) is 2.47. The van der Waals surface area contributed by atoms with Gasteiger partial charge < -0.3 is 9.64 Å². The Bertz CT molecular complexity index is 328. The molecule has 1 saturated carbocycles. The molecule has 2 fully saturated rings. The molecule has 0 aromatic heterocycles. The van der Waals surface area contributed by atoms with E-state index in [-0.39, 0.29) is 23.7 Å². The van der Waals surface area contributed by atoms with Gasteiger partial charge in [-0.2, -0.15) is 0 Å². The summed E-state index contributed by atoms with van der Waals surface area (Å²) in [6.45, 7) is 2.50. The second kappa shape index (κ2) is 8.49. The van der Waals surface area contributed by atoms with Crippen molar-refractivity contribution in [3.05, 3.63) is 0 Å². The SMILES string of the molecule is O=C(CSCC(=O)N1CCOCC1)NOC1CCCC1. The van der Waals surface area contributed by atoms with E-state index in [2.05, 4.69) is 5.48 Å². The molecule has 7 heteroatoms. The van der Waals surface area contributed by atoms with E-state index in [4.69, 9.17) is 9.57 Å². The summed E-state index contributed by atoms with van der Waals surface area (Å²) in [4.78, 5) is 30.5. The average molecular weight is 302 g/mol. The first-order valence-corrected chi connectivity index (χ1v) is 8.29. The minimum atomic E-state index is -0.170. The zero-order chi connectivity index (χ0) is 14.2. The van der Waals surface area contributed by atoms with Crippen molar-refractivity contribution in [3.63, 3.8) is 0 Å². The zero-order valence-corrected chi connectivity index (χ0v) is 12.5. The second-order valence-corrected chi connectivity index (χ2v) is 6.02. The number of carbonyl (C=O) groups is 2. The van der Waals surface area contributed by atoms with Crippen LogP contribution in [-0.2, 0) is 19.2 Å². The summed E-state index contributed by atoms with van der Waals surface area (Å²) in [5, 5.41) is 0. The second-order valence-electron chi connectivity index (χ2n) is 5.04. The maximum atomic E-state index is 11.8. The number of hydrogen-bond donors (Lipinski definition) is 1. The van der Waals surface area contributed by atoms with Crippen LogP contribution in [0, 0.1) is 0 Å². The first-order chi connectivity index (χ1) is 9.75. The number of hydrogen-bond acceptors (Lipinski definition) is 5. The van der Waals surface area contributed by atoms with E-state index in [1.54, 1.807) is 4.90 Å². The van der Waals surface area contributed by atoms with Gasteiger partial charge in [0, 0.05) is 13.1 Å². The third-order valence-corrected chi connectivity index (χ3v) is 4.38. The zero-order valence-electron chi connectivity index (χ0n) is 11.6. The van der Waals surface area contributed by atoms with Gasteiger partial charge in [0.15, 0.2) is 0 Å². The number of amides is 2. The van der Waals surface area contributed by atoms with Crippen LogP contribution in [0.5, 0.6) is 0 Å². The number of morpholine rings is 1. The molecule has 0 radical (unpaired) electrons. The molecule has 0 unspecified atom stereocenters. The number of hydroxylamine groups is 1. The molecule has 2 amide bonds. The summed E-state index contributed by atoms with van der Waals surface area (Å²) in [7, 11) is 0. The van der Waals surface area contributed by atoms with Gasteiger partial charge in [0.2, 0.25) is 5.91 Å². The summed E-state index contributed by atoms with van der Waals surface area (Å²) < 4.78 is 5.19. The van der Waals surface area contributed by atoms with Gasteiger partial charge >= 0.3 is 0 Å². The quantitative estimate of drug-likeness (QED) is 0.727. The van der Waals surface area contributed by atoms with Gasteiger partial charge in [-0.1, -0.05) is 12.8 Å². The lowest BCUT2D eigenvalue weighted by Crippen LogP contribution is -2.41. The molecular weight excluding hydrogens is 280 g/mol. The van der Waals surface area contributed by atoms with Gasteiger partial charge in [-0.3, -0.25) is 14.4 Å². The largest absolute Gasteiger partial charge is 0.378 e. The van der Waals surface area contributed by atoms with Gasteiger partial charge in [-0.15, -0.1) is 11.8 Å². The minimum absolute atomic E-state index is 0.0720. The van der Waals surface area contributed by atoms with Crippen LogP contribution in [0.1, 0.15) is 25.7 Å². The molecule has 0 aromatic carbocycles. The van der Waals surface area contributed by atoms with Crippen molar-refractivity contribution in [2.24, 2.45) is 0 Å². The Labute approximate surface area is 123 Å².